The lowest BCUT2D eigenvalue weighted by molar-refractivity contribution is 0.457. The predicted octanol–water partition coefficient (Wildman–Crippen LogP) is 3.03. The first-order chi connectivity index (χ1) is 9.63. The number of halogens is 1. The van der Waals surface area contributed by atoms with E-state index in [1.54, 1.807) is 24.3 Å². The Hall–Kier alpha value is -2.09. The number of aromatic nitrogens is 2. The molecule has 3 aromatic rings. The number of rotatable bonds is 2. The van der Waals surface area contributed by atoms with Crippen molar-refractivity contribution in [1.82, 2.24) is 9.97 Å². The molecular formula is C14H9IN2O3. The summed E-state index contributed by atoms with van der Waals surface area (Å²) in [4.78, 5) is 17.9. The van der Waals surface area contributed by atoms with E-state index in [1.807, 2.05) is 34.7 Å². The Morgan fingerprint density at radius 3 is 2.80 bits per heavy atom. The van der Waals surface area contributed by atoms with E-state index in [0.29, 0.717) is 9.32 Å². The quantitative estimate of drug-likeness (QED) is 0.671. The molecule has 2 N–H and O–H groups in total. The number of nitrogens with zero attached hydrogens (tertiary/aromatic N) is 1. The number of phenols is 1. The van der Waals surface area contributed by atoms with Crippen molar-refractivity contribution in [3.05, 3.63) is 56.6 Å². The maximum Gasteiger partial charge on any atom is 0.268 e. The van der Waals surface area contributed by atoms with Gasteiger partial charge in [0.25, 0.3) is 5.56 Å². The fraction of sp³-hybridized carbons (Fsp3) is 0. The second kappa shape index (κ2) is 5.12. The average molecular weight is 380 g/mol. The Bertz CT molecular complexity index is 845. The van der Waals surface area contributed by atoms with Crippen LogP contribution in [0.1, 0.15) is 0 Å². The summed E-state index contributed by atoms with van der Waals surface area (Å²) in [6.45, 7) is 0. The van der Waals surface area contributed by atoms with Gasteiger partial charge >= 0.3 is 0 Å². The smallest absolute Gasteiger partial charge is 0.268 e. The predicted molar refractivity (Wildman–Crippen MR) is 83.3 cm³/mol. The van der Waals surface area contributed by atoms with Crippen molar-refractivity contribution in [2.45, 2.75) is 0 Å². The number of nitrogens with one attached hydrogen (secondary N) is 1. The Morgan fingerprint density at radius 2 is 1.95 bits per heavy atom. The molecule has 2 aromatic carbocycles. The summed E-state index contributed by atoms with van der Waals surface area (Å²) in [5.74, 6) is 1.01. The minimum atomic E-state index is -0.242. The van der Waals surface area contributed by atoms with E-state index >= 15 is 0 Å². The normalized spacial score (nSPS) is 10.7. The van der Waals surface area contributed by atoms with Gasteiger partial charge in [0.15, 0.2) is 0 Å². The van der Waals surface area contributed by atoms with E-state index < -0.39 is 0 Å². The van der Waals surface area contributed by atoms with Crippen molar-refractivity contribution in [2.24, 2.45) is 0 Å². The van der Waals surface area contributed by atoms with Crippen LogP contribution < -0.4 is 10.3 Å². The summed E-state index contributed by atoms with van der Waals surface area (Å²) < 4.78 is 6.01. The first-order valence-electron chi connectivity index (χ1n) is 5.77. The second-order valence-corrected chi connectivity index (χ2v) is 5.22. The van der Waals surface area contributed by atoms with Crippen LogP contribution >= 0.6 is 22.6 Å². The monoisotopic (exact) mass is 380 g/mol. The Morgan fingerprint density at radius 1 is 1.15 bits per heavy atom. The molecule has 5 nitrogen and oxygen atoms in total. The standard InChI is InChI=1S/C14H9IN2O3/c15-12-13(19)16-7-17-14(12)20-11-4-2-8-1-3-10(18)5-9(8)6-11/h1-7,18H,(H,16,17,19). The molecule has 0 saturated carbocycles. The van der Waals surface area contributed by atoms with E-state index in [-0.39, 0.29) is 17.2 Å². The topological polar surface area (TPSA) is 75.2 Å². The van der Waals surface area contributed by atoms with Crippen molar-refractivity contribution in [2.75, 3.05) is 0 Å². The minimum absolute atomic E-state index is 0.193. The summed E-state index contributed by atoms with van der Waals surface area (Å²) in [6.07, 6.45) is 1.30. The molecule has 100 valence electrons. The van der Waals surface area contributed by atoms with Gasteiger partial charge in [-0.15, -0.1) is 0 Å². The zero-order chi connectivity index (χ0) is 14.1. The van der Waals surface area contributed by atoms with Crippen LogP contribution in [0.2, 0.25) is 0 Å². The molecule has 0 aliphatic heterocycles. The summed E-state index contributed by atoms with van der Waals surface area (Å²) in [5.41, 5.74) is -0.242. The van der Waals surface area contributed by atoms with Crippen molar-refractivity contribution in [1.29, 1.82) is 0 Å². The Balaban J connectivity index is 2.02. The molecule has 0 saturated heterocycles. The van der Waals surface area contributed by atoms with Crippen LogP contribution in [0.5, 0.6) is 17.4 Å². The number of hydrogen-bond donors (Lipinski definition) is 2. The van der Waals surface area contributed by atoms with Gasteiger partial charge in [-0.05, 0) is 57.6 Å². The third-order valence-corrected chi connectivity index (χ3v) is 3.73. The molecule has 0 aliphatic carbocycles. The first kappa shape index (κ1) is 12.9. The number of aromatic hydroxyl groups is 1. The SMILES string of the molecule is O=c1[nH]cnc(Oc2ccc3ccc(O)cc3c2)c1I. The highest BCUT2D eigenvalue weighted by atomic mass is 127. The van der Waals surface area contributed by atoms with E-state index in [4.69, 9.17) is 4.74 Å². The number of H-pyrrole nitrogens is 1. The van der Waals surface area contributed by atoms with Gasteiger partial charge in [-0.2, -0.15) is 0 Å². The van der Waals surface area contributed by atoms with Gasteiger partial charge in [-0.1, -0.05) is 12.1 Å². The molecule has 1 heterocycles. The lowest BCUT2D eigenvalue weighted by atomic mass is 10.1. The van der Waals surface area contributed by atoms with Crippen LogP contribution in [-0.2, 0) is 0 Å². The molecule has 0 radical (unpaired) electrons. The van der Waals surface area contributed by atoms with Crippen LogP contribution in [0.3, 0.4) is 0 Å². The van der Waals surface area contributed by atoms with Gasteiger partial charge < -0.3 is 14.8 Å². The number of benzene rings is 2. The number of phenolic OH excluding ortho intramolecular Hbond substituents is 1. The van der Waals surface area contributed by atoms with E-state index in [0.717, 1.165) is 10.8 Å². The Kier molecular flexibility index (Phi) is 3.31. The van der Waals surface area contributed by atoms with E-state index in [2.05, 4.69) is 9.97 Å². The molecule has 0 atom stereocenters. The second-order valence-electron chi connectivity index (χ2n) is 4.15. The summed E-state index contributed by atoms with van der Waals surface area (Å²) in [5, 5.41) is 11.3. The van der Waals surface area contributed by atoms with Gasteiger partial charge in [0.1, 0.15) is 15.1 Å². The third-order valence-electron chi connectivity index (χ3n) is 2.77. The lowest BCUT2D eigenvalue weighted by Crippen LogP contribution is -2.11. The van der Waals surface area contributed by atoms with Crippen molar-refractivity contribution >= 4 is 33.4 Å². The molecule has 20 heavy (non-hydrogen) atoms. The highest BCUT2D eigenvalue weighted by molar-refractivity contribution is 14.1. The maximum absolute atomic E-state index is 11.5. The lowest BCUT2D eigenvalue weighted by Gasteiger charge is -2.07. The molecule has 0 fully saturated rings. The molecule has 0 amide bonds. The van der Waals surface area contributed by atoms with Gasteiger partial charge in [0.2, 0.25) is 5.88 Å². The molecule has 3 rings (SSSR count). The number of hydrogen-bond acceptors (Lipinski definition) is 4. The number of fused-ring (bicyclic) bond motifs is 1. The van der Waals surface area contributed by atoms with Crippen LogP contribution in [0.15, 0.2) is 47.5 Å². The van der Waals surface area contributed by atoms with Crippen molar-refractivity contribution in [3.63, 3.8) is 0 Å². The van der Waals surface area contributed by atoms with Crippen LogP contribution in [0.4, 0.5) is 0 Å². The third kappa shape index (κ3) is 2.46. The molecule has 0 aliphatic rings. The summed E-state index contributed by atoms with van der Waals surface area (Å²) in [6, 6.07) is 10.6. The first-order valence-corrected chi connectivity index (χ1v) is 6.85. The minimum Gasteiger partial charge on any atom is -0.508 e. The highest BCUT2D eigenvalue weighted by Gasteiger charge is 2.08. The van der Waals surface area contributed by atoms with Gasteiger partial charge in [0, 0.05) is 0 Å². The van der Waals surface area contributed by atoms with Crippen molar-refractivity contribution in [3.8, 4) is 17.4 Å². The Labute approximate surface area is 127 Å². The van der Waals surface area contributed by atoms with E-state index in [9.17, 15) is 9.90 Å². The molecule has 0 bridgehead atoms. The highest BCUT2D eigenvalue weighted by Crippen LogP contribution is 2.27. The number of aromatic amines is 1. The van der Waals surface area contributed by atoms with Crippen LogP contribution in [-0.4, -0.2) is 15.1 Å². The zero-order valence-corrected chi connectivity index (χ0v) is 12.3. The van der Waals surface area contributed by atoms with Gasteiger partial charge in [-0.25, -0.2) is 4.98 Å². The van der Waals surface area contributed by atoms with E-state index in [1.165, 1.54) is 6.33 Å². The average Bonchev–Trinajstić information content (AvgIpc) is 2.43. The molecule has 0 unspecified atom stereocenters. The van der Waals surface area contributed by atoms with Gasteiger partial charge in [0.05, 0.1) is 6.33 Å². The van der Waals surface area contributed by atoms with Gasteiger partial charge in [-0.3, -0.25) is 4.79 Å². The molecule has 0 spiro atoms. The van der Waals surface area contributed by atoms with Crippen LogP contribution in [0, 0.1) is 3.57 Å². The maximum atomic E-state index is 11.5. The zero-order valence-electron chi connectivity index (χ0n) is 10.1. The van der Waals surface area contributed by atoms with Crippen LogP contribution in [0.25, 0.3) is 10.8 Å². The van der Waals surface area contributed by atoms with Crippen molar-refractivity contribution < 1.29 is 9.84 Å². The summed E-state index contributed by atoms with van der Waals surface area (Å²) >= 11 is 1.88. The summed E-state index contributed by atoms with van der Waals surface area (Å²) in [7, 11) is 0. The molecule has 6 heteroatoms. The fourth-order valence-electron chi connectivity index (χ4n) is 1.83. The largest absolute Gasteiger partial charge is 0.508 e. The number of ether oxygens (including phenoxy) is 1. The molecule has 1 aromatic heterocycles. The molecular weight excluding hydrogens is 371 g/mol. The fourth-order valence-corrected chi connectivity index (χ4v) is 2.23.